The van der Waals surface area contributed by atoms with E-state index < -0.39 is 0 Å². The van der Waals surface area contributed by atoms with Gasteiger partial charge in [0.25, 0.3) is 0 Å². The van der Waals surface area contributed by atoms with Crippen molar-refractivity contribution in [1.29, 1.82) is 0 Å². The van der Waals surface area contributed by atoms with Gasteiger partial charge in [-0.25, -0.2) is 0 Å². The third-order valence-corrected chi connectivity index (χ3v) is 4.18. The van der Waals surface area contributed by atoms with E-state index in [9.17, 15) is 0 Å². The zero-order valence-electron chi connectivity index (χ0n) is 12.3. The summed E-state index contributed by atoms with van der Waals surface area (Å²) in [4.78, 5) is 0. The summed E-state index contributed by atoms with van der Waals surface area (Å²) in [6.45, 7) is 6.21. The van der Waals surface area contributed by atoms with E-state index >= 15 is 0 Å². The van der Waals surface area contributed by atoms with Crippen LogP contribution >= 0.6 is 15.9 Å². The van der Waals surface area contributed by atoms with Crippen LogP contribution in [-0.4, -0.2) is 7.11 Å². The smallest absolute Gasteiger partial charge is 0.122 e. The number of ether oxygens (including phenoxy) is 1. The molecule has 0 amide bonds. The van der Waals surface area contributed by atoms with Crippen LogP contribution in [-0.2, 0) is 0 Å². The number of aryl methyl sites for hydroxylation is 3. The first kappa shape index (κ1) is 15.1. The fourth-order valence-corrected chi connectivity index (χ4v) is 3.00. The Kier molecular flexibility index (Phi) is 4.51. The Morgan fingerprint density at radius 2 is 1.60 bits per heavy atom. The van der Waals surface area contributed by atoms with Gasteiger partial charge in [0, 0.05) is 4.47 Å². The topological polar surface area (TPSA) is 35.2 Å². The molecule has 1 atom stereocenters. The Labute approximate surface area is 129 Å². The first-order chi connectivity index (χ1) is 9.43. The fourth-order valence-electron chi connectivity index (χ4n) is 2.52. The van der Waals surface area contributed by atoms with E-state index in [1.165, 1.54) is 5.56 Å². The van der Waals surface area contributed by atoms with Gasteiger partial charge in [-0.1, -0.05) is 28.1 Å². The average molecular weight is 334 g/mol. The van der Waals surface area contributed by atoms with Crippen molar-refractivity contribution in [2.45, 2.75) is 26.8 Å². The van der Waals surface area contributed by atoms with Gasteiger partial charge in [0.05, 0.1) is 13.2 Å². The van der Waals surface area contributed by atoms with E-state index in [1.807, 2.05) is 13.0 Å². The molecule has 0 saturated heterocycles. The summed E-state index contributed by atoms with van der Waals surface area (Å²) in [6.07, 6.45) is 0. The second-order valence-electron chi connectivity index (χ2n) is 5.16. The number of halogens is 1. The van der Waals surface area contributed by atoms with Crippen molar-refractivity contribution in [3.8, 4) is 5.75 Å². The molecule has 0 saturated carbocycles. The quantitative estimate of drug-likeness (QED) is 0.901. The van der Waals surface area contributed by atoms with Crippen LogP contribution in [0.4, 0.5) is 0 Å². The Morgan fingerprint density at radius 1 is 0.950 bits per heavy atom. The zero-order chi connectivity index (χ0) is 14.9. The highest BCUT2D eigenvalue weighted by Crippen LogP contribution is 2.31. The lowest BCUT2D eigenvalue weighted by atomic mass is 9.91. The van der Waals surface area contributed by atoms with E-state index in [2.05, 4.69) is 54.0 Å². The maximum Gasteiger partial charge on any atom is 0.122 e. The summed E-state index contributed by atoms with van der Waals surface area (Å²) in [7, 11) is 1.69. The number of rotatable bonds is 3. The molecule has 0 bridgehead atoms. The van der Waals surface area contributed by atoms with E-state index in [1.54, 1.807) is 7.11 Å². The van der Waals surface area contributed by atoms with Crippen molar-refractivity contribution >= 4 is 15.9 Å². The molecule has 0 aliphatic carbocycles. The first-order valence-corrected chi connectivity index (χ1v) is 7.40. The predicted octanol–water partition coefficient (Wildman–Crippen LogP) is 4.43. The summed E-state index contributed by atoms with van der Waals surface area (Å²) in [5.74, 6) is 0.908. The highest BCUT2D eigenvalue weighted by Gasteiger charge is 2.15. The highest BCUT2D eigenvalue weighted by molar-refractivity contribution is 9.10. The monoisotopic (exact) mass is 333 g/mol. The lowest BCUT2D eigenvalue weighted by Gasteiger charge is -2.19. The van der Waals surface area contributed by atoms with Crippen molar-refractivity contribution in [3.63, 3.8) is 0 Å². The number of hydrogen-bond donors (Lipinski definition) is 1. The summed E-state index contributed by atoms with van der Waals surface area (Å²) in [6, 6.07) is 10.3. The van der Waals surface area contributed by atoms with E-state index in [0.29, 0.717) is 0 Å². The van der Waals surface area contributed by atoms with Crippen LogP contribution < -0.4 is 10.5 Å². The first-order valence-electron chi connectivity index (χ1n) is 6.60. The molecule has 0 heterocycles. The summed E-state index contributed by atoms with van der Waals surface area (Å²) in [5.41, 5.74) is 12.2. The van der Waals surface area contributed by atoms with Gasteiger partial charge in [0.2, 0.25) is 0 Å². The lowest BCUT2D eigenvalue weighted by molar-refractivity contribution is 0.411. The summed E-state index contributed by atoms with van der Waals surface area (Å²) >= 11 is 3.49. The van der Waals surface area contributed by atoms with E-state index in [-0.39, 0.29) is 6.04 Å². The van der Waals surface area contributed by atoms with Gasteiger partial charge >= 0.3 is 0 Å². The molecule has 2 aromatic carbocycles. The highest BCUT2D eigenvalue weighted by atomic mass is 79.9. The van der Waals surface area contributed by atoms with Crippen molar-refractivity contribution < 1.29 is 4.74 Å². The number of methoxy groups -OCH3 is 1. The second kappa shape index (κ2) is 5.98. The van der Waals surface area contributed by atoms with Crippen LogP contribution in [0.15, 0.2) is 34.8 Å². The molecule has 0 aliphatic rings. The molecule has 2 N–H and O–H groups in total. The Hall–Kier alpha value is -1.32. The van der Waals surface area contributed by atoms with Crippen molar-refractivity contribution in [2.24, 2.45) is 5.73 Å². The van der Waals surface area contributed by atoms with Crippen molar-refractivity contribution in [1.82, 2.24) is 0 Å². The van der Waals surface area contributed by atoms with Gasteiger partial charge in [-0.2, -0.15) is 0 Å². The Morgan fingerprint density at radius 3 is 2.20 bits per heavy atom. The molecule has 106 valence electrons. The van der Waals surface area contributed by atoms with E-state index in [4.69, 9.17) is 10.5 Å². The standard InChI is InChI=1S/C17H20BrNO/c1-10-7-13(18)5-6-14(10)17(19)15-8-12(3)16(20-4)9-11(15)2/h5-9,17H,19H2,1-4H3. The Bertz CT molecular complexity index is 637. The predicted molar refractivity (Wildman–Crippen MR) is 87.4 cm³/mol. The summed E-state index contributed by atoms with van der Waals surface area (Å²) < 4.78 is 6.44. The molecule has 0 spiro atoms. The van der Waals surface area contributed by atoms with Gasteiger partial charge in [-0.3, -0.25) is 0 Å². The van der Waals surface area contributed by atoms with Crippen molar-refractivity contribution in [2.75, 3.05) is 7.11 Å². The minimum Gasteiger partial charge on any atom is -0.496 e. The third kappa shape index (κ3) is 2.89. The van der Waals surface area contributed by atoms with Gasteiger partial charge < -0.3 is 10.5 Å². The minimum absolute atomic E-state index is 0.118. The molecule has 0 radical (unpaired) electrons. The Balaban J connectivity index is 2.48. The van der Waals surface area contributed by atoms with Crippen LogP contribution in [0.5, 0.6) is 5.75 Å². The molecule has 2 nitrogen and oxygen atoms in total. The van der Waals surface area contributed by atoms with Crippen LogP contribution in [0.3, 0.4) is 0 Å². The molecule has 1 unspecified atom stereocenters. The summed E-state index contributed by atoms with van der Waals surface area (Å²) in [5, 5.41) is 0. The second-order valence-corrected chi connectivity index (χ2v) is 6.07. The van der Waals surface area contributed by atoms with Gasteiger partial charge in [0.1, 0.15) is 5.75 Å². The maximum atomic E-state index is 6.47. The minimum atomic E-state index is -0.118. The molecule has 20 heavy (non-hydrogen) atoms. The largest absolute Gasteiger partial charge is 0.496 e. The number of nitrogens with two attached hydrogens (primary N) is 1. The number of benzene rings is 2. The maximum absolute atomic E-state index is 6.47. The molecular weight excluding hydrogens is 314 g/mol. The number of hydrogen-bond acceptors (Lipinski definition) is 2. The van der Waals surface area contributed by atoms with Gasteiger partial charge in [-0.15, -0.1) is 0 Å². The molecule has 3 heteroatoms. The zero-order valence-corrected chi connectivity index (χ0v) is 13.9. The van der Waals surface area contributed by atoms with Gasteiger partial charge in [0.15, 0.2) is 0 Å². The normalized spacial score (nSPS) is 12.3. The molecule has 0 aromatic heterocycles. The molecule has 0 fully saturated rings. The SMILES string of the molecule is COc1cc(C)c(C(N)c2ccc(Br)cc2C)cc1C. The molecular formula is C17H20BrNO. The third-order valence-electron chi connectivity index (χ3n) is 3.69. The van der Waals surface area contributed by atoms with Crippen LogP contribution in [0, 0.1) is 20.8 Å². The van der Waals surface area contributed by atoms with E-state index in [0.717, 1.165) is 32.5 Å². The molecule has 2 aromatic rings. The average Bonchev–Trinajstić information content (AvgIpc) is 2.40. The van der Waals surface area contributed by atoms with Crippen LogP contribution in [0.2, 0.25) is 0 Å². The van der Waals surface area contributed by atoms with Crippen LogP contribution in [0.25, 0.3) is 0 Å². The van der Waals surface area contributed by atoms with Crippen LogP contribution in [0.1, 0.15) is 33.9 Å². The fraction of sp³-hybridized carbons (Fsp3) is 0.294. The lowest BCUT2D eigenvalue weighted by Crippen LogP contribution is -2.15. The molecule has 2 rings (SSSR count). The van der Waals surface area contributed by atoms with Gasteiger partial charge in [-0.05, 0) is 66.8 Å². The van der Waals surface area contributed by atoms with Crippen molar-refractivity contribution in [3.05, 3.63) is 62.6 Å². The molecule has 0 aliphatic heterocycles.